The van der Waals surface area contributed by atoms with E-state index in [4.69, 9.17) is 0 Å². The topological polar surface area (TPSA) is 28.2 Å². The number of piperidine rings is 1. The van der Waals surface area contributed by atoms with Gasteiger partial charge in [-0.2, -0.15) is 0 Å². The standard InChI is InChI=1S/C16H21N3S2.ClH/c1-2-14(20-9-1)15-18-10-13(21-15)11-19-8-5-16(12-19)3-6-17-7-4-16;/h1-2,9-10,17H,3-8,11-12H2;1H. The highest BCUT2D eigenvalue weighted by Crippen LogP contribution is 2.39. The van der Waals surface area contributed by atoms with E-state index >= 15 is 0 Å². The van der Waals surface area contributed by atoms with Crippen molar-refractivity contribution in [3.05, 3.63) is 28.6 Å². The van der Waals surface area contributed by atoms with Gasteiger partial charge in [0.2, 0.25) is 0 Å². The minimum Gasteiger partial charge on any atom is -0.317 e. The Morgan fingerprint density at radius 3 is 2.91 bits per heavy atom. The van der Waals surface area contributed by atoms with Crippen LogP contribution >= 0.6 is 35.1 Å². The van der Waals surface area contributed by atoms with E-state index in [1.165, 1.54) is 60.2 Å². The first kappa shape index (κ1) is 16.4. The molecule has 2 aliphatic rings. The molecule has 0 unspecified atom stereocenters. The van der Waals surface area contributed by atoms with Crippen molar-refractivity contribution < 1.29 is 0 Å². The maximum absolute atomic E-state index is 4.60. The summed E-state index contributed by atoms with van der Waals surface area (Å²) in [6.07, 6.45) is 6.16. The molecule has 2 saturated heterocycles. The van der Waals surface area contributed by atoms with Gasteiger partial charge in [-0.1, -0.05) is 6.07 Å². The smallest absolute Gasteiger partial charge is 0.133 e. The van der Waals surface area contributed by atoms with Crippen LogP contribution in [0.2, 0.25) is 0 Å². The summed E-state index contributed by atoms with van der Waals surface area (Å²) in [6.45, 7) is 6.03. The fourth-order valence-corrected chi connectivity index (χ4v) is 5.40. The van der Waals surface area contributed by atoms with E-state index in [1.807, 2.05) is 11.3 Å². The number of aromatic nitrogens is 1. The van der Waals surface area contributed by atoms with Gasteiger partial charge in [0.25, 0.3) is 0 Å². The summed E-state index contributed by atoms with van der Waals surface area (Å²) in [5.74, 6) is 0. The summed E-state index contributed by atoms with van der Waals surface area (Å²) in [4.78, 5) is 9.93. The van der Waals surface area contributed by atoms with E-state index in [0.29, 0.717) is 5.41 Å². The lowest BCUT2D eigenvalue weighted by atomic mass is 9.78. The quantitative estimate of drug-likeness (QED) is 0.905. The largest absolute Gasteiger partial charge is 0.317 e. The highest BCUT2D eigenvalue weighted by molar-refractivity contribution is 7.20. The Labute approximate surface area is 146 Å². The molecule has 0 atom stereocenters. The van der Waals surface area contributed by atoms with Crippen molar-refractivity contribution >= 4 is 35.1 Å². The van der Waals surface area contributed by atoms with Crippen molar-refractivity contribution in [2.75, 3.05) is 26.2 Å². The first-order valence-electron chi connectivity index (χ1n) is 7.75. The van der Waals surface area contributed by atoms with E-state index in [9.17, 15) is 0 Å². The van der Waals surface area contributed by atoms with Gasteiger partial charge in [-0.15, -0.1) is 35.1 Å². The average molecular weight is 356 g/mol. The molecule has 2 aromatic heterocycles. The lowest BCUT2D eigenvalue weighted by molar-refractivity contribution is 0.194. The third-order valence-corrected chi connectivity index (χ3v) is 6.87. The molecule has 3 nitrogen and oxygen atoms in total. The summed E-state index contributed by atoms with van der Waals surface area (Å²) in [7, 11) is 0. The monoisotopic (exact) mass is 355 g/mol. The highest BCUT2D eigenvalue weighted by Gasteiger charge is 2.38. The molecular formula is C16H22ClN3S2. The number of nitrogens with zero attached hydrogens (tertiary/aromatic N) is 2. The van der Waals surface area contributed by atoms with Crippen molar-refractivity contribution in [1.82, 2.24) is 15.2 Å². The number of thiophene rings is 1. The fraction of sp³-hybridized carbons (Fsp3) is 0.562. The van der Waals surface area contributed by atoms with E-state index in [0.717, 1.165) is 6.54 Å². The molecule has 2 aromatic rings. The zero-order chi connectivity index (χ0) is 14.1. The average Bonchev–Trinajstić information content (AvgIpc) is 3.22. The van der Waals surface area contributed by atoms with E-state index in [-0.39, 0.29) is 12.4 Å². The molecule has 6 heteroatoms. The van der Waals surface area contributed by atoms with Crippen LogP contribution in [0.3, 0.4) is 0 Å². The lowest BCUT2D eigenvalue weighted by Crippen LogP contribution is -2.38. The van der Waals surface area contributed by atoms with Gasteiger partial charge in [0.1, 0.15) is 5.01 Å². The molecule has 4 rings (SSSR count). The lowest BCUT2D eigenvalue weighted by Gasteiger charge is -2.33. The van der Waals surface area contributed by atoms with Crippen LogP contribution in [0.15, 0.2) is 23.7 Å². The Balaban J connectivity index is 0.00000144. The van der Waals surface area contributed by atoms with Gasteiger partial charge < -0.3 is 5.32 Å². The number of rotatable bonds is 3. The van der Waals surface area contributed by atoms with Gasteiger partial charge in [-0.05, 0) is 55.8 Å². The molecule has 0 amide bonds. The van der Waals surface area contributed by atoms with Crippen LogP contribution in [0.1, 0.15) is 24.1 Å². The minimum absolute atomic E-state index is 0. The van der Waals surface area contributed by atoms with Crippen LogP contribution in [0, 0.1) is 5.41 Å². The number of halogens is 1. The molecule has 22 heavy (non-hydrogen) atoms. The Bertz CT molecular complexity index is 590. The molecule has 2 aliphatic heterocycles. The summed E-state index contributed by atoms with van der Waals surface area (Å²) < 4.78 is 0. The van der Waals surface area contributed by atoms with Crippen LogP contribution in [0.4, 0.5) is 0 Å². The van der Waals surface area contributed by atoms with Crippen LogP contribution in [-0.2, 0) is 6.54 Å². The summed E-state index contributed by atoms with van der Waals surface area (Å²) in [6, 6.07) is 4.26. The predicted molar refractivity (Wildman–Crippen MR) is 97.1 cm³/mol. The highest BCUT2D eigenvalue weighted by atomic mass is 35.5. The van der Waals surface area contributed by atoms with Gasteiger partial charge in [-0.25, -0.2) is 4.98 Å². The summed E-state index contributed by atoms with van der Waals surface area (Å²) in [5, 5.41) is 6.79. The molecular weight excluding hydrogens is 334 g/mol. The fourth-order valence-electron chi connectivity index (χ4n) is 3.64. The molecule has 0 bridgehead atoms. The van der Waals surface area contributed by atoms with Gasteiger partial charge >= 0.3 is 0 Å². The molecule has 0 saturated carbocycles. The van der Waals surface area contributed by atoms with E-state index < -0.39 is 0 Å². The SMILES string of the molecule is Cl.c1csc(-c2ncc(CN3CCC4(CCNCC4)C3)s2)c1. The van der Waals surface area contributed by atoms with Gasteiger partial charge in [0.15, 0.2) is 0 Å². The molecule has 0 aromatic carbocycles. The van der Waals surface area contributed by atoms with E-state index in [1.54, 1.807) is 11.3 Å². The molecule has 2 fully saturated rings. The number of nitrogens with one attached hydrogen (secondary N) is 1. The third kappa shape index (κ3) is 3.39. The Hall–Kier alpha value is -0.460. The van der Waals surface area contributed by atoms with Crippen molar-refractivity contribution in [2.24, 2.45) is 5.41 Å². The van der Waals surface area contributed by atoms with Crippen molar-refractivity contribution in [3.8, 4) is 9.88 Å². The number of hydrogen-bond donors (Lipinski definition) is 1. The minimum atomic E-state index is 0. The van der Waals surface area contributed by atoms with Crippen molar-refractivity contribution in [3.63, 3.8) is 0 Å². The summed E-state index contributed by atoms with van der Waals surface area (Å²) in [5.41, 5.74) is 0.604. The predicted octanol–water partition coefficient (Wildman–Crippen LogP) is 3.87. The zero-order valence-corrected chi connectivity index (χ0v) is 15.0. The van der Waals surface area contributed by atoms with Crippen LogP contribution in [-0.4, -0.2) is 36.1 Å². The maximum atomic E-state index is 4.60. The van der Waals surface area contributed by atoms with Crippen LogP contribution in [0.5, 0.6) is 0 Å². The van der Waals surface area contributed by atoms with Gasteiger partial charge in [0.05, 0.1) is 4.88 Å². The maximum Gasteiger partial charge on any atom is 0.133 e. The number of likely N-dealkylation sites (tertiary alicyclic amines) is 1. The van der Waals surface area contributed by atoms with Crippen LogP contribution in [0.25, 0.3) is 9.88 Å². The third-order valence-electron chi connectivity index (χ3n) is 4.85. The van der Waals surface area contributed by atoms with Crippen molar-refractivity contribution in [1.29, 1.82) is 0 Å². The molecule has 1 spiro atoms. The summed E-state index contributed by atoms with van der Waals surface area (Å²) >= 11 is 3.63. The van der Waals surface area contributed by atoms with Gasteiger partial charge in [-0.3, -0.25) is 4.90 Å². The second-order valence-electron chi connectivity index (χ2n) is 6.32. The molecule has 4 heterocycles. The molecule has 0 aliphatic carbocycles. The Kier molecular flexibility index (Phi) is 5.20. The second-order valence-corrected chi connectivity index (χ2v) is 8.38. The van der Waals surface area contributed by atoms with E-state index in [2.05, 4.69) is 38.9 Å². The van der Waals surface area contributed by atoms with Crippen LogP contribution < -0.4 is 5.32 Å². The first-order chi connectivity index (χ1) is 10.3. The normalized spacial score (nSPS) is 21.1. The van der Waals surface area contributed by atoms with Gasteiger partial charge in [0, 0.05) is 24.2 Å². The molecule has 1 N–H and O–H groups in total. The zero-order valence-electron chi connectivity index (χ0n) is 12.6. The Morgan fingerprint density at radius 2 is 2.14 bits per heavy atom. The Morgan fingerprint density at radius 1 is 1.27 bits per heavy atom. The molecule has 120 valence electrons. The molecule has 0 radical (unpaired) electrons. The second kappa shape index (κ2) is 6.97. The number of hydrogen-bond acceptors (Lipinski definition) is 5. The van der Waals surface area contributed by atoms with Crippen molar-refractivity contribution in [2.45, 2.75) is 25.8 Å². The first-order valence-corrected chi connectivity index (χ1v) is 9.44. The number of thiazole rings is 1.